The zero-order valence-electron chi connectivity index (χ0n) is 14.6. The number of carbonyl (C=O) groups is 1. The van der Waals surface area contributed by atoms with E-state index >= 15 is 0 Å². The zero-order valence-corrected chi connectivity index (χ0v) is 15.4. The van der Waals surface area contributed by atoms with Crippen molar-refractivity contribution in [2.24, 2.45) is 0 Å². The lowest BCUT2D eigenvalue weighted by atomic mass is 10.0. The molecule has 2 heterocycles. The molecule has 2 atom stereocenters. The van der Waals surface area contributed by atoms with Crippen molar-refractivity contribution in [1.29, 1.82) is 0 Å². The number of hydrogen-bond donors (Lipinski definition) is 1. The first-order valence-electron chi connectivity index (χ1n) is 9.06. The van der Waals surface area contributed by atoms with Crippen LogP contribution in [0.15, 0.2) is 24.3 Å². The van der Waals surface area contributed by atoms with Gasteiger partial charge in [0, 0.05) is 6.04 Å². The number of rotatable bonds is 6. The van der Waals surface area contributed by atoms with Crippen molar-refractivity contribution < 1.29 is 4.79 Å². The molecule has 24 heavy (non-hydrogen) atoms. The smallest absolute Gasteiger partial charge is 0.234 e. The van der Waals surface area contributed by atoms with Crippen LogP contribution in [-0.2, 0) is 4.79 Å². The van der Waals surface area contributed by atoms with Gasteiger partial charge in [0.1, 0.15) is 5.01 Å². The summed E-state index contributed by atoms with van der Waals surface area (Å²) in [5, 5.41) is 4.29. The Balaban J connectivity index is 1.70. The lowest BCUT2D eigenvalue weighted by Gasteiger charge is -2.34. The average molecular weight is 346 g/mol. The second kappa shape index (κ2) is 8.08. The van der Waals surface area contributed by atoms with Gasteiger partial charge >= 0.3 is 0 Å². The summed E-state index contributed by atoms with van der Waals surface area (Å²) in [4.78, 5) is 19.5. The summed E-state index contributed by atoms with van der Waals surface area (Å²) >= 11 is 1.77. The van der Waals surface area contributed by atoms with E-state index in [0.29, 0.717) is 6.54 Å². The van der Waals surface area contributed by atoms with Crippen LogP contribution in [0.5, 0.6) is 0 Å². The number of amides is 1. The van der Waals surface area contributed by atoms with Crippen LogP contribution in [0.25, 0.3) is 10.2 Å². The van der Waals surface area contributed by atoms with E-state index in [1.807, 2.05) is 6.07 Å². The van der Waals surface area contributed by atoms with E-state index in [9.17, 15) is 4.79 Å². The van der Waals surface area contributed by atoms with E-state index in [1.54, 1.807) is 11.3 Å². The predicted molar refractivity (Wildman–Crippen MR) is 100 cm³/mol. The van der Waals surface area contributed by atoms with Crippen LogP contribution in [0, 0.1) is 0 Å². The number of para-hydroxylation sites is 1. The topological polar surface area (TPSA) is 45.2 Å². The number of benzene rings is 1. The van der Waals surface area contributed by atoms with Gasteiger partial charge in [-0.15, -0.1) is 11.3 Å². The third-order valence-electron chi connectivity index (χ3n) is 4.68. The van der Waals surface area contributed by atoms with Gasteiger partial charge < -0.3 is 5.32 Å². The van der Waals surface area contributed by atoms with Crippen LogP contribution < -0.4 is 5.32 Å². The Labute approximate surface area is 148 Å². The highest BCUT2D eigenvalue weighted by Gasteiger charge is 2.28. The van der Waals surface area contributed by atoms with E-state index in [0.717, 1.165) is 36.3 Å². The minimum atomic E-state index is 0.143. The van der Waals surface area contributed by atoms with Gasteiger partial charge in [0.05, 0.1) is 22.8 Å². The molecule has 1 fully saturated rings. The molecule has 3 rings (SSSR count). The Bertz CT molecular complexity index is 651. The second-order valence-corrected chi connectivity index (χ2v) is 7.82. The number of aromatic nitrogens is 1. The van der Waals surface area contributed by atoms with Gasteiger partial charge in [-0.05, 0) is 44.9 Å². The van der Waals surface area contributed by atoms with E-state index < -0.39 is 0 Å². The maximum Gasteiger partial charge on any atom is 0.234 e. The molecular weight excluding hydrogens is 318 g/mol. The number of piperidine rings is 1. The number of fused-ring (bicyclic) bond motifs is 1. The second-order valence-electron chi connectivity index (χ2n) is 6.76. The van der Waals surface area contributed by atoms with Gasteiger partial charge in [0.25, 0.3) is 0 Å². The summed E-state index contributed by atoms with van der Waals surface area (Å²) in [5.41, 5.74) is 1.07. The van der Waals surface area contributed by atoms with Gasteiger partial charge in [0.15, 0.2) is 0 Å². The molecule has 0 unspecified atom stereocenters. The van der Waals surface area contributed by atoms with Gasteiger partial charge in [0.2, 0.25) is 5.91 Å². The highest BCUT2D eigenvalue weighted by atomic mass is 32.1. The van der Waals surface area contributed by atoms with Crippen molar-refractivity contribution >= 4 is 27.5 Å². The van der Waals surface area contributed by atoms with Crippen LogP contribution in [0.2, 0.25) is 0 Å². The molecule has 130 valence electrons. The Morgan fingerprint density at radius 1 is 1.42 bits per heavy atom. The van der Waals surface area contributed by atoms with E-state index in [1.165, 1.54) is 17.5 Å². The highest BCUT2D eigenvalue weighted by molar-refractivity contribution is 7.18. The third kappa shape index (κ3) is 4.14. The van der Waals surface area contributed by atoms with Crippen molar-refractivity contribution in [2.75, 3.05) is 13.1 Å². The van der Waals surface area contributed by atoms with Crippen molar-refractivity contribution in [3.63, 3.8) is 0 Å². The minimum absolute atomic E-state index is 0.143. The summed E-state index contributed by atoms with van der Waals surface area (Å²) in [7, 11) is 0. The van der Waals surface area contributed by atoms with Crippen LogP contribution in [0.4, 0.5) is 0 Å². The highest BCUT2D eigenvalue weighted by Crippen LogP contribution is 2.35. The summed E-state index contributed by atoms with van der Waals surface area (Å²) in [6.45, 7) is 5.70. The molecule has 1 N–H and O–H groups in total. The van der Waals surface area contributed by atoms with Crippen molar-refractivity contribution in [3.05, 3.63) is 29.3 Å². The van der Waals surface area contributed by atoms with Gasteiger partial charge in [-0.1, -0.05) is 31.9 Å². The van der Waals surface area contributed by atoms with Gasteiger partial charge in [-0.2, -0.15) is 0 Å². The molecule has 0 radical (unpaired) electrons. The summed E-state index contributed by atoms with van der Waals surface area (Å²) in [6, 6.07) is 8.83. The summed E-state index contributed by atoms with van der Waals surface area (Å²) in [5.74, 6) is 0.143. The molecular formula is C19H27N3OS. The monoisotopic (exact) mass is 345 g/mol. The van der Waals surface area contributed by atoms with Crippen LogP contribution in [-0.4, -0.2) is 34.9 Å². The minimum Gasteiger partial charge on any atom is -0.353 e. The van der Waals surface area contributed by atoms with E-state index in [-0.39, 0.29) is 18.0 Å². The van der Waals surface area contributed by atoms with Crippen molar-refractivity contribution in [3.8, 4) is 0 Å². The van der Waals surface area contributed by atoms with Crippen molar-refractivity contribution in [2.45, 2.75) is 58.0 Å². The summed E-state index contributed by atoms with van der Waals surface area (Å²) in [6.07, 6.45) is 5.61. The normalized spacial score (nSPS) is 20.2. The quantitative estimate of drug-likeness (QED) is 0.856. The molecule has 5 heteroatoms. The number of hydrogen-bond acceptors (Lipinski definition) is 4. The molecule has 0 saturated carbocycles. The fourth-order valence-electron chi connectivity index (χ4n) is 3.50. The molecule has 1 amide bonds. The lowest BCUT2D eigenvalue weighted by molar-refractivity contribution is -0.123. The molecule has 1 aliphatic rings. The maximum absolute atomic E-state index is 12.4. The van der Waals surface area contributed by atoms with Crippen molar-refractivity contribution in [1.82, 2.24) is 15.2 Å². The molecule has 1 aromatic carbocycles. The molecule has 0 spiro atoms. The largest absolute Gasteiger partial charge is 0.353 e. The Hall–Kier alpha value is -1.46. The number of carbonyl (C=O) groups excluding carboxylic acids is 1. The standard InChI is InChI=1S/C19H27N3OS/c1-3-8-14(2)20-18(23)13-22-12-7-6-10-16(22)19-21-15-9-4-5-11-17(15)24-19/h4-5,9,11,14,16H,3,6-8,10,12-13H2,1-2H3,(H,20,23)/t14-,16+/m0/s1. The molecule has 2 aromatic rings. The number of nitrogens with zero attached hydrogens (tertiary/aromatic N) is 2. The third-order valence-corrected chi connectivity index (χ3v) is 5.82. The summed E-state index contributed by atoms with van der Waals surface area (Å²) < 4.78 is 1.24. The molecule has 0 bridgehead atoms. The van der Waals surface area contributed by atoms with Gasteiger partial charge in [-0.3, -0.25) is 9.69 Å². The zero-order chi connectivity index (χ0) is 16.9. The molecule has 0 aliphatic carbocycles. The molecule has 1 aliphatic heterocycles. The van der Waals surface area contributed by atoms with Gasteiger partial charge in [-0.25, -0.2) is 4.98 Å². The first-order chi connectivity index (χ1) is 11.7. The molecule has 1 saturated heterocycles. The molecule has 4 nitrogen and oxygen atoms in total. The maximum atomic E-state index is 12.4. The van der Waals surface area contributed by atoms with Crippen LogP contribution in [0.1, 0.15) is 57.0 Å². The number of nitrogens with one attached hydrogen (secondary N) is 1. The van der Waals surface area contributed by atoms with Crippen LogP contribution in [0.3, 0.4) is 0 Å². The van der Waals surface area contributed by atoms with E-state index in [4.69, 9.17) is 4.98 Å². The Morgan fingerprint density at radius 2 is 2.25 bits per heavy atom. The lowest BCUT2D eigenvalue weighted by Crippen LogP contribution is -2.44. The fraction of sp³-hybridized carbons (Fsp3) is 0.579. The first-order valence-corrected chi connectivity index (χ1v) is 9.88. The predicted octanol–water partition coefficient (Wildman–Crippen LogP) is 4.13. The first kappa shape index (κ1) is 17.4. The Kier molecular flexibility index (Phi) is 5.85. The average Bonchev–Trinajstić information content (AvgIpc) is 2.99. The van der Waals surface area contributed by atoms with E-state index in [2.05, 4.69) is 42.3 Å². The fourth-order valence-corrected chi connectivity index (χ4v) is 4.64. The number of thiazole rings is 1. The van der Waals surface area contributed by atoms with Crippen LogP contribution >= 0.6 is 11.3 Å². The number of likely N-dealkylation sites (tertiary alicyclic amines) is 1. The SMILES string of the molecule is CCC[C@H](C)NC(=O)CN1CCCC[C@@H]1c1nc2ccccc2s1. The Morgan fingerprint density at radius 3 is 3.04 bits per heavy atom. The molecule has 1 aromatic heterocycles.